The van der Waals surface area contributed by atoms with Gasteiger partial charge >= 0.3 is 12.0 Å². The van der Waals surface area contributed by atoms with Gasteiger partial charge in [-0.15, -0.1) is 11.3 Å². The number of anilines is 1. The van der Waals surface area contributed by atoms with E-state index in [2.05, 4.69) is 15.6 Å². The molecule has 0 spiro atoms. The van der Waals surface area contributed by atoms with E-state index < -0.39 is 18.0 Å². The third-order valence-electron chi connectivity index (χ3n) is 4.18. The van der Waals surface area contributed by atoms with Crippen molar-refractivity contribution in [2.45, 2.75) is 26.8 Å². The number of hydrogen-bond acceptors (Lipinski definition) is 5. The van der Waals surface area contributed by atoms with E-state index in [1.54, 1.807) is 18.3 Å². The topological polar surface area (TPSA) is 80.3 Å². The summed E-state index contributed by atoms with van der Waals surface area (Å²) >= 11 is 1.63. The van der Waals surface area contributed by atoms with Crippen LogP contribution in [0.25, 0.3) is 20.8 Å². The number of nitrogens with one attached hydrogen (secondary N) is 2. The van der Waals surface area contributed by atoms with Gasteiger partial charge in [0, 0.05) is 11.3 Å². The zero-order chi connectivity index (χ0) is 20.1. The Balaban J connectivity index is 1.66. The average molecular weight is 398 g/mol. The van der Waals surface area contributed by atoms with Gasteiger partial charge in [0.1, 0.15) is 11.0 Å². The Hall–Kier alpha value is -2.93. The van der Waals surface area contributed by atoms with Gasteiger partial charge in [-0.25, -0.2) is 14.6 Å². The molecule has 0 saturated carbocycles. The summed E-state index contributed by atoms with van der Waals surface area (Å²) in [6, 6.07) is 14.3. The smallest absolute Gasteiger partial charge is 0.328 e. The Morgan fingerprint density at radius 3 is 2.46 bits per heavy atom. The lowest BCUT2D eigenvalue weighted by Crippen LogP contribution is -2.47. The van der Waals surface area contributed by atoms with Gasteiger partial charge in [0.15, 0.2) is 0 Å². The van der Waals surface area contributed by atoms with Gasteiger partial charge in [-0.2, -0.15) is 0 Å². The fraction of sp³-hybridized carbons (Fsp3) is 0.286. The number of fused-ring (bicyclic) bond motifs is 1. The van der Waals surface area contributed by atoms with E-state index in [1.165, 1.54) is 0 Å². The summed E-state index contributed by atoms with van der Waals surface area (Å²) in [6.45, 7) is 5.73. The van der Waals surface area contributed by atoms with Crippen LogP contribution in [-0.4, -0.2) is 29.6 Å². The van der Waals surface area contributed by atoms with Crippen molar-refractivity contribution in [1.82, 2.24) is 10.3 Å². The molecule has 1 atom stereocenters. The first-order valence-electron chi connectivity index (χ1n) is 9.18. The highest BCUT2D eigenvalue weighted by Crippen LogP contribution is 2.30. The van der Waals surface area contributed by atoms with Crippen LogP contribution < -0.4 is 10.6 Å². The number of aromatic nitrogens is 1. The van der Waals surface area contributed by atoms with Crippen molar-refractivity contribution in [2.75, 3.05) is 11.9 Å². The molecule has 0 saturated heterocycles. The third-order valence-corrected chi connectivity index (χ3v) is 5.26. The van der Waals surface area contributed by atoms with Gasteiger partial charge in [0.2, 0.25) is 0 Å². The SMILES string of the molecule is CCOC(=O)[C@@H](NC(=O)Nc1ccc(-c2nc3ccccc3s2)cc1)C(C)C. The normalized spacial score (nSPS) is 12.0. The van der Waals surface area contributed by atoms with Crippen LogP contribution in [0.5, 0.6) is 0 Å². The molecule has 0 aliphatic heterocycles. The first kappa shape index (κ1) is 19.8. The minimum Gasteiger partial charge on any atom is -0.464 e. The molecular weight excluding hydrogens is 374 g/mol. The second kappa shape index (κ2) is 8.84. The van der Waals surface area contributed by atoms with Crippen molar-refractivity contribution in [2.24, 2.45) is 5.92 Å². The van der Waals surface area contributed by atoms with Crippen molar-refractivity contribution in [3.8, 4) is 10.6 Å². The number of benzene rings is 2. The molecule has 1 aromatic heterocycles. The lowest BCUT2D eigenvalue weighted by Gasteiger charge is -2.20. The van der Waals surface area contributed by atoms with E-state index in [0.29, 0.717) is 5.69 Å². The molecule has 2 aromatic carbocycles. The third kappa shape index (κ3) is 4.67. The van der Waals surface area contributed by atoms with Crippen LogP contribution in [0.1, 0.15) is 20.8 Å². The number of ether oxygens (including phenoxy) is 1. The van der Waals surface area contributed by atoms with Gasteiger partial charge in [0.25, 0.3) is 0 Å². The number of urea groups is 1. The van der Waals surface area contributed by atoms with Gasteiger partial charge < -0.3 is 15.4 Å². The number of carbonyl (C=O) groups excluding carboxylic acids is 2. The van der Waals surface area contributed by atoms with Crippen molar-refractivity contribution < 1.29 is 14.3 Å². The Bertz CT molecular complexity index is 933. The molecule has 146 valence electrons. The summed E-state index contributed by atoms with van der Waals surface area (Å²) in [7, 11) is 0. The Kier molecular flexibility index (Phi) is 6.26. The monoisotopic (exact) mass is 397 g/mol. The molecular formula is C21H23N3O3S. The molecule has 3 aromatic rings. The van der Waals surface area contributed by atoms with Crippen LogP contribution in [0.15, 0.2) is 48.5 Å². The summed E-state index contributed by atoms with van der Waals surface area (Å²) in [5.41, 5.74) is 2.59. The fourth-order valence-corrected chi connectivity index (χ4v) is 3.70. The molecule has 7 heteroatoms. The van der Waals surface area contributed by atoms with Gasteiger partial charge in [-0.1, -0.05) is 26.0 Å². The van der Waals surface area contributed by atoms with E-state index in [0.717, 1.165) is 20.8 Å². The predicted molar refractivity (Wildman–Crippen MR) is 112 cm³/mol. The zero-order valence-electron chi connectivity index (χ0n) is 16.1. The van der Waals surface area contributed by atoms with Gasteiger partial charge in [0.05, 0.1) is 16.8 Å². The summed E-state index contributed by atoms with van der Waals surface area (Å²) in [5, 5.41) is 6.36. The highest BCUT2D eigenvalue weighted by Gasteiger charge is 2.25. The van der Waals surface area contributed by atoms with E-state index >= 15 is 0 Å². The van der Waals surface area contributed by atoms with Gasteiger partial charge in [-0.05, 0) is 49.2 Å². The van der Waals surface area contributed by atoms with Crippen LogP contribution >= 0.6 is 11.3 Å². The van der Waals surface area contributed by atoms with E-state index in [4.69, 9.17) is 4.74 Å². The number of amides is 2. The number of nitrogens with zero attached hydrogens (tertiary/aromatic N) is 1. The summed E-state index contributed by atoms with van der Waals surface area (Å²) in [6.07, 6.45) is 0. The van der Waals surface area contributed by atoms with Crippen molar-refractivity contribution in [1.29, 1.82) is 0 Å². The number of rotatable bonds is 6. The van der Waals surface area contributed by atoms with Crippen molar-refractivity contribution in [3.05, 3.63) is 48.5 Å². The fourth-order valence-electron chi connectivity index (χ4n) is 2.73. The standard InChI is InChI=1S/C21H23N3O3S/c1-4-27-20(25)18(13(2)3)24-21(26)22-15-11-9-14(10-12-15)19-23-16-7-5-6-8-17(16)28-19/h5-13,18H,4H2,1-3H3,(H2,22,24,26)/t18-/m0/s1. The second-order valence-electron chi connectivity index (χ2n) is 6.64. The zero-order valence-corrected chi connectivity index (χ0v) is 16.9. The summed E-state index contributed by atoms with van der Waals surface area (Å²) < 4.78 is 6.16. The minimum atomic E-state index is -0.693. The van der Waals surface area contributed by atoms with Crippen LogP contribution in [0, 0.1) is 5.92 Å². The van der Waals surface area contributed by atoms with Crippen molar-refractivity contribution >= 4 is 39.2 Å². The molecule has 28 heavy (non-hydrogen) atoms. The molecule has 0 radical (unpaired) electrons. The largest absolute Gasteiger partial charge is 0.464 e. The highest BCUT2D eigenvalue weighted by molar-refractivity contribution is 7.21. The van der Waals surface area contributed by atoms with Crippen LogP contribution in [0.2, 0.25) is 0 Å². The number of hydrogen-bond donors (Lipinski definition) is 2. The first-order valence-corrected chi connectivity index (χ1v) is 9.99. The Morgan fingerprint density at radius 2 is 1.82 bits per heavy atom. The van der Waals surface area contributed by atoms with Crippen LogP contribution in [-0.2, 0) is 9.53 Å². The molecule has 0 bridgehead atoms. The molecule has 2 amide bonds. The number of thiazole rings is 1. The summed E-state index contributed by atoms with van der Waals surface area (Å²) in [4.78, 5) is 28.9. The lowest BCUT2D eigenvalue weighted by atomic mass is 10.1. The molecule has 0 aliphatic rings. The molecule has 3 rings (SSSR count). The summed E-state index contributed by atoms with van der Waals surface area (Å²) in [5.74, 6) is -0.509. The maximum atomic E-state index is 12.3. The molecule has 0 aliphatic carbocycles. The van der Waals surface area contributed by atoms with E-state index in [1.807, 2.05) is 62.4 Å². The molecule has 6 nitrogen and oxygen atoms in total. The predicted octanol–water partition coefficient (Wildman–Crippen LogP) is 4.67. The molecule has 0 unspecified atom stereocenters. The second-order valence-corrected chi connectivity index (χ2v) is 7.67. The average Bonchev–Trinajstić information content (AvgIpc) is 3.11. The lowest BCUT2D eigenvalue weighted by molar-refractivity contribution is -0.146. The van der Waals surface area contributed by atoms with Crippen LogP contribution in [0.4, 0.5) is 10.5 Å². The highest BCUT2D eigenvalue weighted by atomic mass is 32.1. The first-order chi connectivity index (χ1) is 13.5. The maximum Gasteiger partial charge on any atom is 0.328 e. The van der Waals surface area contributed by atoms with Crippen molar-refractivity contribution in [3.63, 3.8) is 0 Å². The Labute approximate surface area is 167 Å². The van der Waals surface area contributed by atoms with E-state index in [-0.39, 0.29) is 12.5 Å². The van der Waals surface area contributed by atoms with Crippen LogP contribution in [0.3, 0.4) is 0 Å². The number of esters is 1. The van der Waals surface area contributed by atoms with Gasteiger partial charge in [-0.3, -0.25) is 0 Å². The maximum absolute atomic E-state index is 12.3. The molecule has 1 heterocycles. The number of carbonyl (C=O) groups is 2. The number of para-hydroxylation sites is 1. The molecule has 2 N–H and O–H groups in total. The quantitative estimate of drug-likeness (QED) is 0.592. The molecule has 0 fully saturated rings. The Morgan fingerprint density at radius 1 is 1.11 bits per heavy atom. The van der Waals surface area contributed by atoms with E-state index in [9.17, 15) is 9.59 Å². The minimum absolute atomic E-state index is 0.0776.